The first kappa shape index (κ1) is 14.1. The van der Waals surface area contributed by atoms with Crippen LogP contribution in [0.25, 0.3) is 0 Å². The van der Waals surface area contributed by atoms with Crippen molar-refractivity contribution in [3.05, 3.63) is 65.2 Å². The number of hydrogen-bond donors (Lipinski definition) is 2. The van der Waals surface area contributed by atoms with Crippen LogP contribution in [0, 0.1) is 13.8 Å². The highest BCUT2D eigenvalue weighted by molar-refractivity contribution is 5.84. The average Bonchev–Trinajstić information content (AvgIpc) is 2.42. The molecule has 2 N–H and O–H groups in total. The molecular weight excluding hydrogens is 250 g/mol. The Hall–Kier alpha value is -2.29. The van der Waals surface area contributed by atoms with Crippen LogP contribution in [0.5, 0.6) is 0 Å². The Labute approximate surface area is 119 Å². The number of carbonyl (C=O) groups is 1. The number of aliphatic carboxylic acids is 1. The standard InChI is InChI=1S/C17H19NO2/c1-12-4-8-14(9-5-12)17(3,16(19)20)18-15-10-6-13(2)7-11-15/h4-11,18H,1-3H3,(H,19,20). The number of nitrogens with one attached hydrogen (secondary N) is 1. The number of hydrogen-bond acceptors (Lipinski definition) is 2. The summed E-state index contributed by atoms with van der Waals surface area (Å²) in [7, 11) is 0. The van der Waals surface area contributed by atoms with E-state index in [4.69, 9.17) is 0 Å². The van der Waals surface area contributed by atoms with Crippen molar-refractivity contribution in [2.24, 2.45) is 0 Å². The molecular formula is C17H19NO2. The molecule has 3 nitrogen and oxygen atoms in total. The third-order valence-corrected chi connectivity index (χ3v) is 3.50. The molecule has 0 aliphatic heterocycles. The summed E-state index contributed by atoms with van der Waals surface area (Å²) in [5, 5.41) is 12.7. The van der Waals surface area contributed by atoms with E-state index in [2.05, 4.69) is 5.32 Å². The molecule has 0 heterocycles. The minimum absolute atomic E-state index is 0.733. The van der Waals surface area contributed by atoms with Gasteiger partial charge in [0.05, 0.1) is 0 Å². The Morgan fingerprint density at radius 2 is 1.40 bits per heavy atom. The Morgan fingerprint density at radius 3 is 1.85 bits per heavy atom. The fraction of sp³-hybridized carbons (Fsp3) is 0.235. The summed E-state index contributed by atoms with van der Waals surface area (Å²) in [6.07, 6.45) is 0. The van der Waals surface area contributed by atoms with Gasteiger partial charge in [-0.2, -0.15) is 0 Å². The quantitative estimate of drug-likeness (QED) is 0.889. The van der Waals surface area contributed by atoms with Crippen molar-refractivity contribution in [2.75, 3.05) is 5.32 Å². The predicted octanol–water partition coefficient (Wildman–Crippen LogP) is 3.72. The van der Waals surface area contributed by atoms with Crippen LogP contribution in [-0.2, 0) is 10.3 Å². The molecule has 0 bridgehead atoms. The number of anilines is 1. The molecule has 0 amide bonds. The van der Waals surface area contributed by atoms with Crippen molar-refractivity contribution < 1.29 is 9.90 Å². The Bertz CT molecular complexity index is 602. The fourth-order valence-corrected chi connectivity index (χ4v) is 2.06. The molecule has 0 saturated heterocycles. The van der Waals surface area contributed by atoms with E-state index in [0.717, 1.165) is 22.4 Å². The zero-order valence-corrected chi connectivity index (χ0v) is 12.0. The van der Waals surface area contributed by atoms with Crippen LogP contribution >= 0.6 is 0 Å². The summed E-state index contributed by atoms with van der Waals surface area (Å²) in [5.74, 6) is -0.901. The van der Waals surface area contributed by atoms with E-state index in [9.17, 15) is 9.90 Å². The molecule has 20 heavy (non-hydrogen) atoms. The van der Waals surface area contributed by atoms with Gasteiger partial charge in [-0.1, -0.05) is 47.5 Å². The lowest BCUT2D eigenvalue weighted by Gasteiger charge is -2.28. The lowest BCUT2D eigenvalue weighted by atomic mass is 9.91. The van der Waals surface area contributed by atoms with E-state index in [1.54, 1.807) is 6.92 Å². The number of aryl methyl sites for hydroxylation is 2. The van der Waals surface area contributed by atoms with Crippen molar-refractivity contribution in [1.29, 1.82) is 0 Å². The fourth-order valence-electron chi connectivity index (χ4n) is 2.06. The van der Waals surface area contributed by atoms with Crippen molar-refractivity contribution >= 4 is 11.7 Å². The second kappa shape index (κ2) is 5.37. The largest absolute Gasteiger partial charge is 0.479 e. The van der Waals surface area contributed by atoms with Gasteiger partial charge in [-0.3, -0.25) is 0 Å². The van der Waals surface area contributed by atoms with Crippen molar-refractivity contribution in [1.82, 2.24) is 0 Å². The monoisotopic (exact) mass is 269 g/mol. The van der Waals surface area contributed by atoms with Gasteiger partial charge in [0, 0.05) is 5.69 Å². The second-order valence-electron chi connectivity index (χ2n) is 5.29. The number of rotatable bonds is 4. The van der Waals surface area contributed by atoms with E-state index >= 15 is 0 Å². The molecule has 1 unspecified atom stereocenters. The Morgan fingerprint density at radius 1 is 0.950 bits per heavy atom. The molecule has 2 rings (SSSR count). The number of carboxylic acid groups (broad SMARTS) is 1. The maximum Gasteiger partial charge on any atom is 0.333 e. The highest BCUT2D eigenvalue weighted by Gasteiger charge is 2.35. The summed E-state index contributed by atoms with van der Waals surface area (Å²) in [5.41, 5.74) is 2.63. The molecule has 1 atom stereocenters. The molecule has 104 valence electrons. The van der Waals surface area contributed by atoms with Gasteiger partial charge in [-0.05, 0) is 38.5 Å². The summed E-state index contributed by atoms with van der Waals surface area (Å²) >= 11 is 0. The molecule has 2 aromatic carbocycles. The molecule has 0 fully saturated rings. The summed E-state index contributed by atoms with van der Waals surface area (Å²) in [4.78, 5) is 11.7. The molecule has 0 spiro atoms. The first-order valence-electron chi connectivity index (χ1n) is 6.57. The zero-order chi connectivity index (χ0) is 14.8. The van der Waals surface area contributed by atoms with Gasteiger partial charge in [0.2, 0.25) is 0 Å². The third kappa shape index (κ3) is 2.82. The molecule has 0 aliphatic rings. The van der Waals surface area contributed by atoms with E-state index in [-0.39, 0.29) is 0 Å². The molecule has 2 aromatic rings. The van der Waals surface area contributed by atoms with E-state index in [1.807, 2.05) is 62.4 Å². The van der Waals surface area contributed by atoms with Gasteiger partial charge in [0.15, 0.2) is 5.54 Å². The van der Waals surface area contributed by atoms with E-state index < -0.39 is 11.5 Å². The molecule has 0 radical (unpaired) electrons. The van der Waals surface area contributed by atoms with Gasteiger partial charge in [0.25, 0.3) is 0 Å². The van der Waals surface area contributed by atoms with Crippen LogP contribution in [0.2, 0.25) is 0 Å². The van der Waals surface area contributed by atoms with Gasteiger partial charge < -0.3 is 10.4 Å². The van der Waals surface area contributed by atoms with Crippen LogP contribution in [-0.4, -0.2) is 11.1 Å². The zero-order valence-electron chi connectivity index (χ0n) is 12.0. The minimum Gasteiger partial charge on any atom is -0.479 e. The summed E-state index contributed by atoms with van der Waals surface area (Å²) in [6, 6.07) is 15.3. The van der Waals surface area contributed by atoms with Gasteiger partial charge in [-0.25, -0.2) is 4.79 Å². The first-order valence-corrected chi connectivity index (χ1v) is 6.57. The van der Waals surface area contributed by atoms with Crippen LogP contribution < -0.4 is 5.32 Å². The first-order chi connectivity index (χ1) is 9.41. The maximum atomic E-state index is 11.7. The molecule has 0 aliphatic carbocycles. The number of benzene rings is 2. The lowest BCUT2D eigenvalue weighted by Crippen LogP contribution is -2.40. The van der Waals surface area contributed by atoms with Gasteiger partial charge >= 0.3 is 5.97 Å². The smallest absolute Gasteiger partial charge is 0.333 e. The van der Waals surface area contributed by atoms with Crippen molar-refractivity contribution in [2.45, 2.75) is 26.3 Å². The van der Waals surface area contributed by atoms with Crippen molar-refractivity contribution in [3.63, 3.8) is 0 Å². The molecule has 0 aromatic heterocycles. The Kier molecular flexibility index (Phi) is 3.79. The Balaban J connectivity index is 2.37. The van der Waals surface area contributed by atoms with Crippen LogP contribution in [0.15, 0.2) is 48.5 Å². The highest BCUT2D eigenvalue weighted by Crippen LogP contribution is 2.27. The van der Waals surface area contributed by atoms with E-state index in [1.165, 1.54) is 0 Å². The van der Waals surface area contributed by atoms with Crippen LogP contribution in [0.1, 0.15) is 23.6 Å². The van der Waals surface area contributed by atoms with Crippen LogP contribution in [0.3, 0.4) is 0 Å². The van der Waals surface area contributed by atoms with Gasteiger partial charge in [-0.15, -0.1) is 0 Å². The maximum absolute atomic E-state index is 11.7. The molecule has 0 saturated carbocycles. The molecule has 3 heteroatoms. The normalized spacial score (nSPS) is 13.6. The average molecular weight is 269 g/mol. The summed E-state index contributed by atoms with van der Waals surface area (Å²) < 4.78 is 0. The third-order valence-electron chi connectivity index (χ3n) is 3.50. The lowest BCUT2D eigenvalue weighted by molar-refractivity contribution is -0.142. The van der Waals surface area contributed by atoms with E-state index in [0.29, 0.717) is 0 Å². The predicted molar refractivity (Wildman–Crippen MR) is 81.0 cm³/mol. The number of carboxylic acids is 1. The minimum atomic E-state index is -1.15. The van der Waals surface area contributed by atoms with Crippen molar-refractivity contribution in [3.8, 4) is 0 Å². The highest BCUT2D eigenvalue weighted by atomic mass is 16.4. The SMILES string of the molecule is Cc1ccc(NC(C)(C(=O)O)c2ccc(C)cc2)cc1. The summed E-state index contributed by atoms with van der Waals surface area (Å²) in [6.45, 7) is 5.66. The second-order valence-corrected chi connectivity index (χ2v) is 5.29. The van der Waals surface area contributed by atoms with Crippen LogP contribution in [0.4, 0.5) is 5.69 Å². The van der Waals surface area contributed by atoms with Gasteiger partial charge in [0.1, 0.15) is 0 Å². The topological polar surface area (TPSA) is 49.3 Å².